The zero-order chi connectivity index (χ0) is 9.84. The monoisotopic (exact) mass is 184 g/mol. The third-order valence-corrected chi connectivity index (χ3v) is 2.77. The van der Waals surface area contributed by atoms with Gasteiger partial charge in [-0.3, -0.25) is 9.69 Å². The van der Waals surface area contributed by atoms with Crippen molar-refractivity contribution in [3.05, 3.63) is 0 Å². The minimum absolute atomic E-state index is 0.259. The molecule has 0 bridgehead atoms. The lowest BCUT2D eigenvalue weighted by atomic mass is 10.1. The number of hydrogen-bond donors (Lipinski definition) is 0. The first-order valence-electron chi connectivity index (χ1n) is 5.17. The maximum absolute atomic E-state index is 11.3. The van der Waals surface area contributed by atoms with Crippen molar-refractivity contribution in [2.75, 3.05) is 20.3 Å². The molecule has 1 aliphatic rings. The van der Waals surface area contributed by atoms with Crippen molar-refractivity contribution in [1.29, 1.82) is 0 Å². The van der Waals surface area contributed by atoms with Crippen molar-refractivity contribution < 1.29 is 4.79 Å². The topological polar surface area (TPSA) is 23.6 Å². The Bertz CT molecular complexity index is 182. The number of rotatable bonds is 4. The Morgan fingerprint density at radius 2 is 2.15 bits per heavy atom. The van der Waals surface area contributed by atoms with Gasteiger partial charge in [-0.15, -0.1) is 0 Å². The fraction of sp³-hybridized carbons (Fsp3) is 0.900. The van der Waals surface area contributed by atoms with Gasteiger partial charge in [0.1, 0.15) is 0 Å². The van der Waals surface area contributed by atoms with Crippen LogP contribution in [0.25, 0.3) is 0 Å². The second-order valence-electron chi connectivity index (χ2n) is 3.83. The quantitative estimate of drug-likeness (QED) is 0.657. The minimum atomic E-state index is 0.259. The lowest BCUT2D eigenvalue weighted by Crippen LogP contribution is -2.33. The number of carbonyl (C=O) groups is 1. The average molecular weight is 184 g/mol. The van der Waals surface area contributed by atoms with Gasteiger partial charge in [-0.2, -0.15) is 0 Å². The molecule has 1 atom stereocenters. The van der Waals surface area contributed by atoms with E-state index in [1.54, 1.807) is 4.90 Å². The molecular weight excluding hydrogens is 164 g/mol. The third kappa shape index (κ3) is 2.44. The first-order valence-corrected chi connectivity index (χ1v) is 5.17. The molecule has 1 unspecified atom stereocenters. The second kappa shape index (κ2) is 4.61. The zero-order valence-corrected chi connectivity index (χ0v) is 8.92. The first-order chi connectivity index (χ1) is 6.19. The summed E-state index contributed by atoms with van der Waals surface area (Å²) in [6.45, 7) is 5.83. The molecule has 0 radical (unpaired) electrons. The molecule has 1 aliphatic heterocycles. The maximum Gasteiger partial charge on any atom is 0.237 e. The molecule has 0 aromatic carbocycles. The van der Waals surface area contributed by atoms with Crippen molar-refractivity contribution in [3.63, 3.8) is 0 Å². The highest BCUT2D eigenvalue weighted by Crippen LogP contribution is 2.15. The van der Waals surface area contributed by atoms with Gasteiger partial charge in [0.25, 0.3) is 0 Å². The van der Waals surface area contributed by atoms with E-state index in [-0.39, 0.29) is 5.91 Å². The van der Waals surface area contributed by atoms with Gasteiger partial charge >= 0.3 is 0 Å². The van der Waals surface area contributed by atoms with E-state index in [2.05, 4.69) is 18.7 Å². The summed E-state index contributed by atoms with van der Waals surface area (Å²) < 4.78 is 0. The van der Waals surface area contributed by atoms with Crippen LogP contribution in [0.5, 0.6) is 0 Å². The Hall–Kier alpha value is -0.570. The molecule has 1 heterocycles. The third-order valence-electron chi connectivity index (χ3n) is 2.77. The van der Waals surface area contributed by atoms with Crippen molar-refractivity contribution >= 4 is 5.91 Å². The number of nitrogens with zero attached hydrogens (tertiary/aromatic N) is 2. The van der Waals surface area contributed by atoms with Gasteiger partial charge in [-0.05, 0) is 12.8 Å². The van der Waals surface area contributed by atoms with Gasteiger partial charge < -0.3 is 4.90 Å². The van der Waals surface area contributed by atoms with E-state index in [1.807, 2.05) is 7.05 Å². The van der Waals surface area contributed by atoms with Crippen molar-refractivity contribution in [2.45, 2.75) is 39.2 Å². The van der Waals surface area contributed by atoms with E-state index in [0.29, 0.717) is 12.6 Å². The van der Waals surface area contributed by atoms with E-state index in [0.717, 1.165) is 13.1 Å². The molecule has 0 N–H and O–H groups in total. The van der Waals surface area contributed by atoms with Crippen LogP contribution in [0.4, 0.5) is 0 Å². The molecule has 1 saturated heterocycles. The van der Waals surface area contributed by atoms with Crippen LogP contribution in [0.3, 0.4) is 0 Å². The highest BCUT2D eigenvalue weighted by Gasteiger charge is 2.28. The van der Waals surface area contributed by atoms with Crippen molar-refractivity contribution in [3.8, 4) is 0 Å². The maximum atomic E-state index is 11.3. The predicted octanol–water partition coefficient (Wildman–Crippen LogP) is 1.30. The lowest BCUT2D eigenvalue weighted by Gasteiger charge is -2.24. The molecule has 3 heteroatoms. The molecule has 0 spiro atoms. The molecule has 1 amide bonds. The summed E-state index contributed by atoms with van der Waals surface area (Å²) >= 11 is 0. The van der Waals surface area contributed by atoms with Crippen LogP contribution < -0.4 is 0 Å². The average Bonchev–Trinajstić information content (AvgIpc) is 2.43. The van der Waals surface area contributed by atoms with E-state index >= 15 is 0 Å². The Morgan fingerprint density at radius 3 is 2.54 bits per heavy atom. The normalized spacial score (nSPS) is 21.2. The fourth-order valence-electron chi connectivity index (χ4n) is 1.92. The Labute approximate surface area is 80.7 Å². The van der Waals surface area contributed by atoms with E-state index < -0.39 is 0 Å². The summed E-state index contributed by atoms with van der Waals surface area (Å²) in [4.78, 5) is 15.4. The van der Waals surface area contributed by atoms with Crippen LogP contribution in [-0.2, 0) is 4.79 Å². The Kier molecular flexibility index (Phi) is 3.72. The second-order valence-corrected chi connectivity index (χ2v) is 3.83. The van der Waals surface area contributed by atoms with Crippen molar-refractivity contribution in [1.82, 2.24) is 9.80 Å². The molecule has 0 saturated carbocycles. The highest BCUT2D eigenvalue weighted by atomic mass is 16.2. The number of amides is 1. The van der Waals surface area contributed by atoms with E-state index in [4.69, 9.17) is 0 Å². The van der Waals surface area contributed by atoms with Crippen LogP contribution in [0.1, 0.15) is 33.1 Å². The molecule has 76 valence electrons. The lowest BCUT2D eigenvalue weighted by molar-refractivity contribution is -0.125. The van der Waals surface area contributed by atoms with Crippen molar-refractivity contribution in [2.24, 2.45) is 0 Å². The van der Waals surface area contributed by atoms with Crippen LogP contribution in [0, 0.1) is 0 Å². The number of likely N-dealkylation sites (N-methyl/N-ethyl adjacent to an activating group) is 1. The SMILES string of the molecule is CCCC(CC)N1CC(=O)N(C)C1. The number of carbonyl (C=O) groups excluding carboxylic acids is 1. The minimum Gasteiger partial charge on any atom is -0.332 e. The van der Waals surface area contributed by atoms with Crippen LogP contribution in [0.15, 0.2) is 0 Å². The molecule has 0 aliphatic carbocycles. The zero-order valence-electron chi connectivity index (χ0n) is 8.92. The molecule has 3 nitrogen and oxygen atoms in total. The van der Waals surface area contributed by atoms with E-state index in [9.17, 15) is 4.79 Å². The summed E-state index contributed by atoms with van der Waals surface area (Å²) in [5, 5.41) is 0. The summed E-state index contributed by atoms with van der Waals surface area (Å²) in [5.74, 6) is 0.259. The van der Waals surface area contributed by atoms with Gasteiger partial charge in [-0.25, -0.2) is 0 Å². The molecular formula is C10H20N2O. The van der Waals surface area contributed by atoms with Gasteiger partial charge in [0, 0.05) is 13.1 Å². The van der Waals surface area contributed by atoms with Crippen LogP contribution in [-0.4, -0.2) is 42.0 Å². The summed E-state index contributed by atoms with van der Waals surface area (Å²) in [6, 6.07) is 0.596. The molecule has 1 rings (SSSR count). The van der Waals surface area contributed by atoms with Crippen LogP contribution in [0.2, 0.25) is 0 Å². The summed E-state index contributed by atoms with van der Waals surface area (Å²) in [5.41, 5.74) is 0. The molecule has 1 fully saturated rings. The summed E-state index contributed by atoms with van der Waals surface area (Å²) in [7, 11) is 1.88. The number of hydrogen-bond acceptors (Lipinski definition) is 2. The standard InChI is InChI=1S/C10H20N2O/c1-4-6-9(5-2)12-7-10(13)11(3)8-12/h9H,4-8H2,1-3H3. The largest absolute Gasteiger partial charge is 0.332 e. The van der Waals surface area contributed by atoms with Crippen LogP contribution >= 0.6 is 0 Å². The van der Waals surface area contributed by atoms with Gasteiger partial charge in [-0.1, -0.05) is 20.3 Å². The Morgan fingerprint density at radius 1 is 1.46 bits per heavy atom. The fourth-order valence-corrected chi connectivity index (χ4v) is 1.92. The molecule has 0 aromatic rings. The molecule has 13 heavy (non-hydrogen) atoms. The van der Waals surface area contributed by atoms with Gasteiger partial charge in [0.05, 0.1) is 13.2 Å². The van der Waals surface area contributed by atoms with Gasteiger partial charge in [0.15, 0.2) is 0 Å². The molecule has 0 aromatic heterocycles. The Balaban J connectivity index is 2.47. The smallest absolute Gasteiger partial charge is 0.237 e. The van der Waals surface area contributed by atoms with Gasteiger partial charge in [0.2, 0.25) is 5.91 Å². The highest BCUT2D eigenvalue weighted by molar-refractivity contribution is 5.79. The van der Waals surface area contributed by atoms with E-state index in [1.165, 1.54) is 12.8 Å². The first kappa shape index (κ1) is 10.5. The summed E-state index contributed by atoms with van der Waals surface area (Å²) in [6.07, 6.45) is 3.56. The predicted molar refractivity (Wildman–Crippen MR) is 53.3 cm³/mol.